The van der Waals surface area contributed by atoms with Gasteiger partial charge in [0.2, 0.25) is 0 Å². The van der Waals surface area contributed by atoms with Crippen LogP contribution in [0.5, 0.6) is 0 Å². The number of hydrogen-bond donors (Lipinski definition) is 1. The molecule has 0 atom stereocenters. The maximum atomic E-state index is 12.9. The largest absolute Gasteiger partial charge is 0.291 e. The minimum Gasteiger partial charge on any atom is -0.291 e. The first-order chi connectivity index (χ1) is 7.99. The van der Waals surface area contributed by atoms with E-state index in [-0.39, 0.29) is 16.2 Å². The van der Waals surface area contributed by atoms with Crippen LogP contribution in [0, 0.1) is 17.4 Å². The van der Waals surface area contributed by atoms with Crippen molar-refractivity contribution in [1.82, 2.24) is 9.78 Å². The van der Waals surface area contributed by atoms with E-state index in [1.807, 2.05) is 0 Å². The van der Waals surface area contributed by atoms with Crippen molar-refractivity contribution in [3.63, 3.8) is 0 Å². The second-order valence-corrected chi connectivity index (χ2v) is 4.03. The van der Waals surface area contributed by atoms with Crippen molar-refractivity contribution >= 4 is 12.2 Å². The average molecular weight is 258 g/mol. The third kappa shape index (κ3) is 2.26. The van der Waals surface area contributed by atoms with Gasteiger partial charge in [0, 0.05) is 6.07 Å². The fraction of sp³-hybridized carbons (Fsp3) is 0.182. The van der Waals surface area contributed by atoms with Crippen LogP contribution in [0.25, 0.3) is 5.69 Å². The molecular formula is C11H9F3N2S. The molecule has 2 rings (SSSR count). The minimum atomic E-state index is -2.61. The Kier molecular flexibility index (Phi) is 3.06. The zero-order valence-corrected chi connectivity index (χ0v) is 9.69. The Morgan fingerprint density at radius 2 is 2.00 bits per heavy atom. The molecule has 17 heavy (non-hydrogen) atoms. The van der Waals surface area contributed by atoms with Crippen LogP contribution >= 0.6 is 12.2 Å². The summed E-state index contributed by atoms with van der Waals surface area (Å²) < 4.78 is 39.5. The molecule has 90 valence electrons. The predicted octanol–water partition coefficient (Wildman–Crippen LogP) is 3.92. The van der Waals surface area contributed by atoms with Crippen molar-refractivity contribution in [3.8, 4) is 5.69 Å². The maximum absolute atomic E-state index is 12.9. The number of aromatic amines is 1. The summed E-state index contributed by atoms with van der Waals surface area (Å²) in [6.45, 7) is 1.68. The van der Waals surface area contributed by atoms with Crippen LogP contribution in [0.2, 0.25) is 0 Å². The van der Waals surface area contributed by atoms with Crippen LogP contribution in [0.1, 0.15) is 17.7 Å². The molecule has 1 heterocycles. The van der Waals surface area contributed by atoms with Crippen LogP contribution in [0.15, 0.2) is 24.3 Å². The van der Waals surface area contributed by atoms with Gasteiger partial charge in [0.05, 0.1) is 5.69 Å². The van der Waals surface area contributed by atoms with E-state index in [0.717, 1.165) is 0 Å². The highest BCUT2D eigenvalue weighted by Gasteiger charge is 2.12. The summed E-state index contributed by atoms with van der Waals surface area (Å²) in [5, 5.41) is 2.50. The maximum Gasteiger partial charge on any atom is 0.279 e. The number of benzene rings is 1. The number of rotatable bonds is 2. The van der Waals surface area contributed by atoms with Gasteiger partial charge in [-0.2, -0.15) is 0 Å². The van der Waals surface area contributed by atoms with E-state index in [1.165, 1.54) is 28.9 Å². The first-order valence-electron chi connectivity index (χ1n) is 4.85. The first kappa shape index (κ1) is 11.9. The van der Waals surface area contributed by atoms with Crippen LogP contribution in [0.4, 0.5) is 13.2 Å². The van der Waals surface area contributed by atoms with Gasteiger partial charge in [-0.05, 0) is 30.7 Å². The molecule has 2 aromatic rings. The Morgan fingerprint density at radius 1 is 1.29 bits per heavy atom. The highest BCUT2D eigenvalue weighted by Crippen LogP contribution is 2.20. The SMILES string of the molecule is Cc1cc(F)ccc1-n1[nH]c(C(F)F)cc1=S. The third-order valence-electron chi connectivity index (χ3n) is 2.38. The average Bonchev–Trinajstić information content (AvgIpc) is 2.61. The van der Waals surface area contributed by atoms with E-state index >= 15 is 0 Å². The number of aromatic nitrogens is 2. The predicted molar refractivity (Wildman–Crippen MR) is 60.6 cm³/mol. The van der Waals surface area contributed by atoms with Crippen molar-refractivity contribution in [1.29, 1.82) is 0 Å². The smallest absolute Gasteiger partial charge is 0.279 e. The van der Waals surface area contributed by atoms with Gasteiger partial charge in [-0.25, -0.2) is 17.9 Å². The summed E-state index contributed by atoms with van der Waals surface area (Å²) in [7, 11) is 0. The Balaban J connectivity index is 2.57. The number of nitrogens with one attached hydrogen (secondary N) is 1. The molecule has 0 amide bonds. The second-order valence-electron chi connectivity index (χ2n) is 3.62. The molecule has 0 unspecified atom stereocenters. The fourth-order valence-corrected chi connectivity index (χ4v) is 1.85. The molecule has 0 radical (unpaired) electrons. The molecule has 0 fully saturated rings. The highest BCUT2D eigenvalue weighted by molar-refractivity contribution is 7.71. The van der Waals surface area contributed by atoms with E-state index in [0.29, 0.717) is 11.3 Å². The van der Waals surface area contributed by atoms with Gasteiger partial charge in [-0.1, -0.05) is 12.2 Å². The van der Waals surface area contributed by atoms with E-state index in [1.54, 1.807) is 6.92 Å². The normalized spacial score (nSPS) is 11.1. The number of H-pyrrole nitrogens is 1. The lowest BCUT2D eigenvalue weighted by Gasteiger charge is -2.07. The summed E-state index contributed by atoms with van der Waals surface area (Å²) in [4.78, 5) is 0. The Morgan fingerprint density at radius 3 is 2.53 bits per heavy atom. The minimum absolute atomic E-state index is 0.231. The summed E-state index contributed by atoms with van der Waals surface area (Å²) in [6, 6.07) is 5.27. The van der Waals surface area contributed by atoms with Crippen LogP contribution in [-0.2, 0) is 0 Å². The monoisotopic (exact) mass is 258 g/mol. The molecular weight excluding hydrogens is 249 g/mol. The Bertz CT molecular complexity index is 601. The number of hydrogen-bond acceptors (Lipinski definition) is 1. The van der Waals surface area contributed by atoms with E-state index in [2.05, 4.69) is 5.10 Å². The number of alkyl halides is 2. The zero-order chi connectivity index (χ0) is 12.6. The van der Waals surface area contributed by atoms with Gasteiger partial charge in [0.1, 0.15) is 16.2 Å². The summed E-state index contributed by atoms with van der Waals surface area (Å²) in [6.07, 6.45) is -2.61. The van der Waals surface area contributed by atoms with Crippen molar-refractivity contribution in [2.45, 2.75) is 13.3 Å². The quantitative estimate of drug-likeness (QED) is 0.810. The molecule has 0 aliphatic rings. The van der Waals surface area contributed by atoms with Crippen molar-refractivity contribution in [2.24, 2.45) is 0 Å². The lowest BCUT2D eigenvalue weighted by molar-refractivity contribution is 0.145. The van der Waals surface area contributed by atoms with Crippen molar-refractivity contribution in [3.05, 3.63) is 46.0 Å². The molecule has 0 saturated heterocycles. The van der Waals surface area contributed by atoms with Gasteiger partial charge in [0.25, 0.3) is 6.43 Å². The summed E-state index contributed by atoms with van der Waals surface area (Å²) in [5.41, 5.74) is 0.922. The van der Waals surface area contributed by atoms with E-state index < -0.39 is 6.43 Å². The first-order valence-corrected chi connectivity index (χ1v) is 5.26. The fourth-order valence-electron chi connectivity index (χ4n) is 1.57. The van der Waals surface area contributed by atoms with Gasteiger partial charge >= 0.3 is 0 Å². The molecule has 0 aliphatic carbocycles. The van der Waals surface area contributed by atoms with Crippen molar-refractivity contribution < 1.29 is 13.2 Å². The standard InChI is InChI=1S/C11H9F3N2S/c1-6-4-7(12)2-3-9(6)16-10(17)5-8(15-16)11(13)14/h2-5,11,15H,1H3. The molecule has 0 spiro atoms. The Labute approximate surface area is 101 Å². The number of halogens is 3. The van der Waals surface area contributed by atoms with Crippen LogP contribution in [-0.4, -0.2) is 9.78 Å². The lowest BCUT2D eigenvalue weighted by atomic mass is 10.2. The molecule has 0 bridgehead atoms. The van der Waals surface area contributed by atoms with Gasteiger partial charge in [-0.3, -0.25) is 5.10 Å². The molecule has 1 N–H and O–H groups in total. The van der Waals surface area contributed by atoms with Crippen LogP contribution in [0.3, 0.4) is 0 Å². The van der Waals surface area contributed by atoms with E-state index in [9.17, 15) is 13.2 Å². The number of nitrogens with zero attached hydrogens (tertiary/aromatic N) is 1. The summed E-state index contributed by atoms with van der Waals surface area (Å²) >= 11 is 4.97. The third-order valence-corrected chi connectivity index (χ3v) is 2.68. The van der Waals surface area contributed by atoms with Gasteiger partial charge in [-0.15, -0.1) is 0 Å². The zero-order valence-electron chi connectivity index (χ0n) is 8.88. The van der Waals surface area contributed by atoms with Crippen molar-refractivity contribution in [2.75, 3.05) is 0 Å². The summed E-state index contributed by atoms with van der Waals surface area (Å²) in [5.74, 6) is -0.376. The number of aryl methyl sites for hydroxylation is 1. The highest BCUT2D eigenvalue weighted by atomic mass is 32.1. The van der Waals surface area contributed by atoms with Gasteiger partial charge in [0.15, 0.2) is 0 Å². The molecule has 2 nitrogen and oxygen atoms in total. The molecule has 1 aromatic carbocycles. The lowest BCUT2D eigenvalue weighted by Crippen LogP contribution is -2.00. The molecule has 1 aromatic heterocycles. The van der Waals surface area contributed by atoms with E-state index in [4.69, 9.17) is 12.2 Å². The topological polar surface area (TPSA) is 20.7 Å². The van der Waals surface area contributed by atoms with Crippen LogP contribution < -0.4 is 0 Å². The van der Waals surface area contributed by atoms with Gasteiger partial charge < -0.3 is 0 Å². The Hall–Kier alpha value is -1.56. The molecule has 6 heteroatoms. The molecule has 0 aliphatic heterocycles. The molecule has 0 saturated carbocycles. The second kappa shape index (κ2) is 4.37.